The van der Waals surface area contributed by atoms with Gasteiger partial charge in [0.25, 0.3) is 0 Å². The molecule has 2 fully saturated rings. The summed E-state index contributed by atoms with van der Waals surface area (Å²) >= 11 is 3.44. The highest BCUT2D eigenvalue weighted by atomic mass is 32.2. The third-order valence-electron chi connectivity index (χ3n) is 6.65. The quantitative estimate of drug-likeness (QED) is 0.539. The first-order chi connectivity index (χ1) is 15.1. The average Bonchev–Trinajstić information content (AvgIpc) is 3.04. The molecule has 2 aromatic rings. The molecule has 2 aliphatic heterocycles. The van der Waals surface area contributed by atoms with Gasteiger partial charge in [0.05, 0.1) is 20.1 Å². The van der Waals surface area contributed by atoms with Crippen LogP contribution in [0.3, 0.4) is 0 Å². The van der Waals surface area contributed by atoms with Crippen LogP contribution in [0.15, 0.2) is 48.5 Å². The van der Waals surface area contributed by atoms with E-state index in [2.05, 4.69) is 24.1 Å². The Bertz CT molecular complexity index is 871. The first-order valence-electron chi connectivity index (χ1n) is 10.8. The number of fused-ring (bicyclic) bond motifs is 2. The molecule has 31 heavy (non-hydrogen) atoms. The van der Waals surface area contributed by atoms with Crippen molar-refractivity contribution >= 4 is 28.6 Å². The lowest BCUT2D eigenvalue weighted by atomic mass is 9.91. The summed E-state index contributed by atoms with van der Waals surface area (Å²) in [6.07, 6.45) is 3.46. The van der Waals surface area contributed by atoms with Gasteiger partial charge in [0, 0.05) is 28.8 Å². The van der Waals surface area contributed by atoms with Gasteiger partial charge in [-0.2, -0.15) is 11.8 Å². The van der Waals surface area contributed by atoms with E-state index in [1.807, 2.05) is 48.2 Å². The SMILES string of the molecule is COc1ccc(CSC(=O)[C@H]2[C@@H](SCc3ccc(OC)cc3)C[C@@H]3CC[C@H]2N3C)cc1. The van der Waals surface area contributed by atoms with Crippen molar-refractivity contribution in [3.63, 3.8) is 0 Å². The average molecular weight is 458 g/mol. The van der Waals surface area contributed by atoms with Gasteiger partial charge in [0.1, 0.15) is 11.5 Å². The number of hydrogen-bond donors (Lipinski definition) is 0. The van der Waals surface area contributed by atoms with Crippen LogP contribution in [0.1, 0.15) is 30.4 Å². The number of methoxy groups -OCH3 is 2. The summed E-state index contributed by atoms with van der Waals surface area (Å²) in [7, 11) is 5.57. The number of hydrogen-bond acceptors (Lipinski definition) is 6. The van der Waals surface area contributed by atoms with Gasteiger partial charge in [0.15, 0.2) is 5.12 Å². The summed E-state index contributed by atoms with van der Waals surface area (Å²) in [5.74, 6) is 3.48. The summed E-state index contributed by atoms with van der Waals surface area (Å²) in [5, 5.41) is 0.729. The molecule has 0 spiro atoms. The van der Waals surface area contributed by atoms with Crippen LogP contribution in [0.4, 0.5) is 0 Å². The second-order valence-corrected chi connectivity index (χ2v) is 10.6. The number of carbonyl (C=O) groups excluding carboxylic acids is 1. The van der Waals surface area contributed by atoms with Gasteiger partial charge in [-0.25, -0.2) is 0 Å². The molecule has 0 radical (unpaired) electrons. The van der Waals surface area contributed by atoms with Crippen LogP contribution in [-0.2, 0) is 16.3 Å². The summed E-state index contributed by atoms with van der Waals surface area (Å²) in [4.78, 5) is 15.9. The topological polar surface area (TPSA) is 38.8 Å². The van der Waals surface area contributed by atoms with E-state index < -0.39 is 0 Å². The van der Waals surface area contributed by atoms with Gasteiger partial charge >= 0.3 is 0 Å². The lowest BCUT2D eigenvalue weighted by Gasteiger charge is -2.41. The monoisotopic (exact) mass is 457 g/mol. The number of ether oxygens (including phenoxy) is 2. The van der Waals surface area contributed by atoms with Crippen molar-refractivity contribution in [1.29, 1.82) is 0 Å². The Morgan fingerprint density at radius 3 is 2.10 bits per heavy atom. The van der Waals surface area contributed by atoms with Crippen LogP contribution in [0.5, 0.6) is 11.5 Å². The van der Waals surface area contributed by atoms with E-state index in [0.717, 1.165) is 41.4 Å². The van der Waals surface area contributed by atoms with Gasteiger partial charge in [0.2, 0.25) is 0 Å². The molecule has 2 heterocycles. The molecule has 2 aromatic carbocycles. The molecule has 0 unspecified atom stereocenters. The van der Waals surface area contributed by atoms with E-state index in [0.29, 0.717) is 22.4 Å². The van der Waals surface area contributed by atoms with Gasteiger partial charge in [-0.05, 0) is 61.7 Å². The van der Waals surface area contributed by atoms with E-state index in [4.69, 9.17) is 9.47 Å². The minimum Gasteiger partial charge on any atom is -0.497 e. The number of rotatable bonds is 8. The van der Waals surface area contributed by atoms with E-state index in [9.17, 15) is 4.79 Å². The molecular weight excluding hydrogens is 426 g/mol. The van der Waals surface area contributed by atoms with E-state index in [1.165, 1.54) is 23.7 Å². The molecule has 4 nitrogen and oxygen atoms in total. The highest BCUT2D eigenvalue weighted by Crippen LogP contribution is 2.45. The normalized spacial score (nSPS) is 25.4. The Morgan fingerprint density at radius 1 is 0.935 bits per heavy atom. The second-order valence-electron chi connectivity index (χ2n) is 8.38. The molecular formula is C25H31NO3S2. The lowest BCUT2D eigenvalue weighted by Crippen LogP contribution is -2.50. The highest BCUT2D eigenvalue weighted by Gasteiger charge is 2.48. The Morgan fingerprint density at radius 2 is 1.52 bits per heavy atom. The Labute approximate surface area is 194 Å². The molecule has 2 bridgehead atoms. The van der Waals surface area contributed by atoms with Gasteiger partial charge in [-0.15, -0.1) is 0 Å². The summed E-state index contributed by atoms with van der Waals surface area (Å²) in [6, 6.07) is 17.3. The summed E-state index contributed by atoms with van der Waals surface area (Å²) in [5.41, 5.74) is 2.45. The number of benzene rings is 2. The standard InChI is InChI=1S/C25H31NO3S2/c1-26-19-8-13-22(26)24(25(27)31-16-18-6-11-21(29-3)12-7-18)23(14-19)30-15-17-4-9-20(28-2)10-5-17/h4-7,9-12,19,22-24H,8,13-16H2,1-3H3/t19-,22+,23-,24+/m0/s1. The molecule has 2 saturated heterocycles. The van der Waals surface area contributed by atoms with Crippen LogP contribution in [0, 0.1) is 5.92 Å². The largest absolute Gasteiger partial charge is 0.497 e. The van der Waals surface area contributed by atoms with Gasteiger partial charge < -0.3 is 9.47 Å². The highest BCUT2D eigenvalue weighted by molar-refractivity contribution is 8.13. The molecule has 166 valence electrons. The third-order valence-corrected chi connectivity index (χ3v) is 9.10. The smallest absolute Gasteiger partial charge is 0.195 e. The van der Waals surface area contributed by atoms with E-state index in [1.54, 1.807) is 14.2 Å². The molecule has 0 N–H and O–H groups in total. The van der Waals surface area contributed by atoms with E-state index in [-0.39, 0.29) is 5.92 Å². The maximum atomic E-state index is 13.4. The zero-order chi connectivity index (χ0) is 21.8. The zero-order valence-corrected chi connectivity index (χ0v) is 20.1. The fourth-order valence-corrected chi connectivity index (χ4v) is 7.37. The molecule has 2 aliphatic rings. The van der Waals surface area contributed by atoms with Crippen LogP contribution < -0.4 is 9.47 Å². The first-order valence-corrected chi connectivity index (χ1v) is 12.9. The maximum absolute atomic E-state index is 13.4. The summed E-state index contributed by atoms with van der Waals surface area (Å²) in [6.45, 7) is 0. The zero-order valence-electron chi connectivity index (χ0n) is 18.5. The molecule has 4 rings (SSSR count). The predicted molar refractivity (Wildman–Crippen MR) is 130 cm³/mol. The van der Waals surface area contributed by atoms with Crippen molar-refractivity contribution < 1.29 is 14.3 Å². The molecule has 4 atom stereocenters. The lowest BCUT2D eigenvalue weighted by molar-refractivity contribution is -0.117. The van der Waals surface area contributed by atoms with Crippen LogP contribution in [0.2, 0.25) is 0 Å². The molecule has 0 amide bonds. The minimum absolute atomic E-state index is 0.0928. The first kappa shape index (κ1) is 22.6. The van der Waals surface area contributed by atoms with Crippen molar-refractivity contribution in [2.24, 2.45) is 5.92 Å². The molecule has 0 aromatic heterocycles. The molecule has 0 saturated carbocycles. The van der Waals surface area contributed by atoms with Gasteiger partial charge in [-0.3, -0.25) is 9.69 Å². The number of thioether (sulfide) groups is 2. The third kappa shape index (κ3) is 5.24. The summed E-state index contributed by atoms with van der Waals surface area (Å²) < 4.78 is 10.5. The van der Waals surface area contributed by atoms with E-state index >= 15 is 0 Å². The predicted octanol–water partition coefficient (Wildman–Crippen LogP) is 5.25. The molecule has 0 aliphatic carbocycles. The second kappa shape index (κ2) is 10.3. The van der Waals surface area contributed by atoms with Crippen LogP contribution >= 0.6 is 23.5 Å². The Kier molecular flexibility index (Phi) is 7.51. The number of nitrogens with zero attached hydrogens (tertiary/aromatic N) is 1. The van der Waals surface area contributed by atoms with Crippen molar-refractivity contribution in [2.75, 3.05) is 21.3 Å². The van der Waals surface area contributed by atoms with Crippen LogP contribution in [-0.4, -0.2) is 48.6 Å². The van der Waals surface area contributed by atoms with Gasteiger partial charge in [-0.1, -0.05) is 36.0 Å². The Hall–Kier alpha value is -1.63. The number of carbonyl (C=O) groups is 1. The number of piperidine rings is 1. The van der Waals surface area contributed by atoms with Crippen molar-refractivity contribution in [3.05, 3.63) is 59.7 Å². The van der Waals surface area contributed by atoms with Crippen molar-refractivity contribution in [3.8, 4) is 11.5 Å². The Balaban J connectivity index is 1.41. The van der Waals surface area contributed by atoms with Crippen molar-refractivity contribution in [2.45, 2.75) is 48.1 Å². The molecule has 6 heteroatoms. The minimum atomic E-state index is 0.0928. The van der Waals surface area contributed by atoms with Crippen LogP contribution in [0.25, 0.3) is 0 Å². The van der Waals surface area contributed by atoms with Crippen molar-refractivity contribution in [1.82, 2.24) is 4.90 Å². The fraction of sp³-hybridized carbons (Fsp3) is 0.480. The maximum Gasteiger partial charge on any atom is 0.195 e. The fourth-order valence-electron chi connectivity index (χ4n) is 4.80.